The lowest BCUT2D eigenvalue weighted by Crippen LogP contribution is -2.50. The summed E-state index contributed by atoms with van der Waals surface area (Å²) in [5, 5.41) is 23.6. The summed E-state index contributed by atoms with van der Waals surface area (Å²) in [7, 11) is 0. The van der Waals surface area contributed by atoms with E-state index in [1.165, 1.54) is 92.4 Å². The predicted octanol–water partition coefficient (Wildman–Crippen LogP) is 19.6. The summed E-state index contributed by atoms with van der Waals surface area (Å²) in [6.45, 7) is 1.40. The van der Waals surface area contributed by atoms with Gasteiger partial charge in [-0.05, 0) is 180 Å². The molecular weight excluding hydrogens is 1490 g/mol. The van der Waals surface area contributed by atoms with Gasteiger partial charge < -0.3 is 71.0 Å². The van der Waals surface area contributed by atoms with E-state index in [1.54, 1.807) is 146 Å². The SMILES string of the molecule is CC(C(=O)Nc1cccc(-c2ccc(Nc3cccc(OC(F)(F)F)c3)nc2)c1)C(CC(=O)Nc1cccc(-c2ccc(Nc3ccc(OC(F)(F)F)cc3)nc2)c1)(CC(=O)Nc1cccc(-c2ccc(Nc3ccc4c(c3)OC(F)(F)O4)nc2)c1)C(=O)Nc1cccc(-c2ccc(Nc3ccc4c(c3)OC(F)(F)O4)nc2)c1. The molecule has 572 valence electrons. The predicted molar refractivity (Wildman–Crippen MR) is 399 cm³/mol. The van der Waals surface area contributed by atoms with Gasteiger partial charge in [-0.15, -0.1) is 43.9 Å². The van der Waals surface area contributed by atoms with E-state index in [2.05, 4.69) is 90.9 Å². The number of halogens is 10. The number of hydrogen-bond acceptors (Lipinski definition) is 18. The second-order valence-corrected chi connectivity index (χ2v) is 25.6. The Bertz CT molecular complexity index is 5540. The molecule has 12 aromatic rings. The molecule has 0 saturated heterocycles. The van der Waals surface area contributed by atoms with Crippen molar-refractivity contribution in [1.82, 2.24) is 19.9 Å². The molecule has 14 rings (SSSR count). The smallest absolute Gasteiger partial charge is 0.406 e. The van der Waals surface area contributed by atoms with Crippen LogP contribution in [0.1, 0.15) is 19.8 Å². The minimum atomic E-state index is -4.92. The van der Waals surface area contributed by atoms with Crippen molar-refractivity contribution in [2.45, 2.75) is 45.1 Å². The monoisotopic (exact) mass is 1550 g/mol. The molecule has 2 unspecified atom stereocenters. The second kappa shape index (κ2) is 31.3. The number of benzene rings is 8. The van der Waals surface area contributed by atoms with Crippen LogP contribution in [0.25, 0.3) is 44.5 Å². The summed E-state index contributed by atoms with van der Waals surface area (Å²) in [5.41, 5.74) is 4.16. The minimum absolute atomic E-state index is 0.146. The van der Waals surface area contributed by atoms with Gasteiger partial charge in [0.2, 0.25) is 23.6 Å². The molecule has 4 amide bonds. The Kier molecular flexibility index (Phi) is 20.8. The highest BCUT2D eigenvalue weighted by molar-refractivity contribution is 6.08. The number of carbonyl (C=O) groups is 4. The van der Waals surface area contributed by atoms with Gasteiger partial charge in [0.05, 0.1) is 11.3 Å². The Morgan fingerprint density at radius 1 is 0.354 bits per heavy atom. The molecule has 0 saturated carbocycles. The van der Waals surface area contributed by atoms with Gasteiger partial charge in [-0.1, -0.05) is 61.5 Å². The summed E-state index contributed by atoms with van der Waals surface area (Å²) in [4.78, 5) is 79.8. The molecule has 113 heavy (non-hydrogen) atoms. The standard InChI is InChI=1S/C81H58F10N12O10/c1-46(75(106)102-58-13-4-9-49(35-58)53-18-30-70(93-44-53)97-60-15-6-16-64(37-60)109-79(85,86)87)77(40-73(104)100-56-11-2-7-47(33-56)51-17-29-69(92-42-51)96-55-21-25-63(26-22-55)108-78(82,83)84,76(107)103-59-14-5-10-50(36-59)54-20-32-72(95-45-54)99-62-24-28-66-68(39-62)113-81(90,91)111-66)41-74(105)101-57-12-3-8-48(34-57)52-19-31-71(94-43-52)98-61-23-27-65-67(38-61)112-80(88,89)110-65/h2-39,42-46H,40-41H2,1H3,(H,92,96)(H,93,97)(H,94,98)(H,95,99)(H,100,104)(H,101,105)(H,102,106)(H,103,107). The number of fused-ring (bicyclic) bond motifs is 2. The van der Waals surface area contributed by atoms with E-state index in [-0.39, 0.29) is 57.3 Å². The zero-order valence-electron chi connectivity index (χ0n) is 58.4. The van der Waals surface area contributed by atoms with E-state index in [0.717, 1.165) is 24.3 Å². The molecule has 2 aliphatic heterocycles. The van der Waals surface area contributed by atoms with E-state index in [9.17, 15) is 43.9 Å². The third kappa shape index (κ3) is 19.2. The number of rotatable bonds is 25. The number of carbonyl (C=O) groups excluding carboxylic acids is 4. The van der Waals surface area contributed by atoms with E-state index < -0.39 is 84.6 Å². The van der Waals surface area contributed by atoms with Gasteiger partial charge in [-0.3, -0.25) is 19.2 Å². The zero-order chi connectivity index (χ0) is 79.2. The van der Waals surface area contributed by atoms with E-state index in [0.29, 0.717) is 79.0 Å². The lowest BCUT2D eigenvalue weighted by atomic mass is 9.69. The lowest BCUT2D eigenvalue weighted by molar-refractivity contribution is -0.287. The fraction of sp³-hybridized carbons (Fsp3) is 0.111. The van der Waals surface area contributed by atoms with Crippen LogP contribution in [-0.4, -0.2) is 68.9 Å². The number of amides is 4. The summed E-state index contributed by atoms with van der Waals surface area (Å²) in [6, 6.07) is 57.9. The zero-order valence-corrected chi connectivity index (χ0v) is 58.4. The average Bonchev–Trinajstić information content (AvgIpc) is 1.61. The molecule has 8 N–H and O–H groups in total. The summed E-state index contributed by atoms with van der Waals surface area (Å²) < 4.78 is 159. The largest absolute Gasteiger partial charge is 0.586 e. The number of ether oxygens (including phenoxy) is 6. The number of pyridine rings is 4. The molecule has 4 aromatic heterocycles. The normalized spacial score (nSPS) is 13.8. The molecule has 8 aromatic carbocycles. The molecule has 32 heteroatoms. The van der Waals surface area contributed by atoms with Crippen molar-refractivity contribution in [2.24, 2.45) is 11.3 Å². The Morgan fingerprint density at radius 2 is 0.690 bits per heavy atom. The van der Waals surface area contributed by atoms with Crippen LogP contribution >= 0.6 is 0 Å². The molecule has 0 aliphatic carbocycles. The van der Waals surface area contributed by atoms with Gasteiger partial charge >= 0.3 is 25.3 Å². The number of nitrogens with zero attached hydrogens (tertiary/aromatic N) is 4. The number of anilines is 12. The summed E-state index contributed by atoms with van der Waals surface area (Å²) in [6.07, 6.45) is -13.1. The van der Waals surface area contributed by atoms with Crippen LogP contribution in [0.3, 0.4) is 0 Å². The van der Waals surface area contributed by atoms with E-state index >= 15 is 19.2 Å². The molecule has 0 fully saturated rings. The van der Waals surface area contributed by atoms with Crippen molar-refractivity contribution < 1.29 is 91.5 Å². The molecule has 0 radical (unpaired) electrons. The van der Waals surface area contributed by atoms with E-state index in [1.807, 2.05) is 0 Å². The lowest BCUT2D eigenvalue weighted by Gasteiger charge is -2.36. The first kappa shape index (κ1) is 75.4. The van der Waals surface area contributed by atoms with Gasteiger partial charge in [-0.2, -0.15) is 0 Å². The quantitative estimate of drug-likeness (QED) is 0.0247. The first-order valence-electron chi connectivity index (χ1n) is 34.1. The first-order valence-corrected chi connectivity index (χ1v) is 34.1. The van der Waals surface area contributed by atoms with Crippen LogP contribution in [0.4, 0.5) is 113 Å². The molecule has 22 nitrogen and oxygen atoms in total. The molecule has 2 aliphatic rings. The number of nitrogens with one attached hydrogen (secondary N) is 8. The van der Waals surface area contributed by atoms with Gasteiger partial charge in [-0.25, -0.2) is 19.9 Å². The Labute approximate surface area is 634 Å². The van der Waals surface area contributed by atoms with Crippen molar-refractivity contribution in [3.05, 3.63) is 255 Å². The van der Waals surface area contributed by atoms with Crippen molar-refractivity contribution in [3.63, 3.8) is 0 Å². The van der Waals surface area contributed by atoms with Crippen LogP contribution < -0.4 is 71.0 Å². The highest BCUT2D eigenvalue weighted by Crippen LogP contribution is 2.46. The Morgan fingerprint density at radius 3 is 1.08 bits per heavy atom. The van der Waals surface area contributed by atoms with Crippen molar-refractivity contribution in [1.29, 1.82) is 0 Å². The number of hydrogen-bond donors (Lipinski definition) is 8. The highest BCUT2D eigenvalue weighted by atomic mass is 19.4. The van der Waals surface area contributed by atoms with Gasteiger partial charge in [0, 0.05) is 124 Å². The maximum absolute atomic E-state index is 16.0. The fourth-order valence-electron chi connectivity index (χ4n) is 12.3. The number of aromatic nitrogens is 4. The van der Waals surface area contributed by atoms with Crippen LogP contribution in [0.2, 0.25) is 0 Å². The highest BCUT2D eigenvalue weighted by Gasteiger charge is 2.51. The van der Waals surface area contributed by atoms with Crippen molar-refractivity contribution in [2.75, 3.05) is 42.5 Å². The van der Waals surface area contributed by atoms with Gasteiger partial charge in [0.1, 0.15) is 34.8 Å². The van der Waals surface area contributed by atoms with E-state index in [4.69, 9.17) is 0 Å². The topological polar surface area (TPSA) is 271 Å². The number of alkyl halides is 10. The minimum Gasteiger partial charge on any atom is -0.406 e. The van der Waals surface area contributed by atoms with Crippen LogP contribution in [0.5, 0.6) is 34.5 Å². The van der Waals surface area contributed by atoms with Gasteiger partial charge in [0.15, 0.2) is 23.0 Å². The van der Waals surface area contributed by atoms with Crippen molar-refractivity contribution >= 4 is 92.4 Å². The second-order valence-electron chi connectivity index (χ2n) is 25.6. The van der Waals surface area contributed by atoms with Crippen molar-refractivity contribution in [3.8, 4) is 79.0 Å². The van der Waals surface area contributed by atoms with Gasteiger partial charge in [0.25, 0.3) is 0 Å². The van der Waals surface area contributed by atoms with Crippen LogP contribution in [-0.2, 0) is 19.2 Å². The molecular formula is C81H58F10N12O10. The molecule has 0 spiro atoms. The van der Waals surface area contributed by atoms with Crippen LogP contribution in [0.15, 0.2) is 255 Å². The third-order valence-electron chi connectivity index (χ3n) is 17.6. The molecule has 0 bridgehead atoms. The maximum Gasteiger partial charge on any atom is 0.586 e. The maximum atomic E-state index is 16.0. The Balaban J connectivity index is 0.761. The summed E-state index contributed by atoms with van der Waals surface area (Å²) >= 11 is 0. The molecule has 6 heterocycles. The fourth-order valence-corrected chi connectivity index (χ4v) is 12.3. The third-order valence-corrected chi connectivity index (χ3v) is 17.6. The van der Waals surface area contributed by atoms with Crippen LogP contribution in [0, 0.1) is 11.3 Å². The Hall–Kier alpha value is -14.5. The summed E-state index contributed by atoms with van der Waals surface area (Å²) in [5.74, 6) is -5.34. The average molecular weight is 1550 g/mol. The first-order chi connectivity index (χ1) is 54.0. The molecule has 2 atom stereocenters.